The van der Waals surface area contributed by atoms with Gasteiger partial charge in [0.05, 0.1) is 12.4 Å². The summed E-state index contributed by atoms with van der Waals surface area (Å²) >= 11 is 0. The van der Waals surface area contributed by atoms with E-state index in [0.717, 1.165) is 36.7 Å². The van der Waals surface area contributed by atoms with Gasteiger partial charge in [-0.25, -0.2) is 9.97 Å². The molecule has 1 atom stereocenters. The molecule has 106 valence electrons. The van der Waals surface area contributed by atoms with E-state index in [1.54, 1.807) is 18.6 Å². The monoisotopic (exact) mass is 271 g/mol. The SMILES string of the molecule is C=CCCCC(C)Nc1cncc(-n2ccnc2C)n1. The molecule has 0 aliphatic heterocycles. The van der Waals surface area contributed by atoms with Gasteiger partial charge in [0.15, 0.2) is 5.82 Å². The smallest absolute Gasteiger partial charge is 0.159 e. The average molecular weight is 271 g/mol. The summed E-state index contributed by atoms with van der Waals surface area (Å²) in [4.78, 5) is 13.0. The first-order valence-electron chi connectivity index (χ1n) is 6.90. The largest absolute Gasteiger partial charge is 0.366 e. The van der Waals surface area contributed by atoms with E-state index in [9.17, 15) is 0 Å². The van der Waals surface area contributed by atoms with Crippen molar-refractivity contribution >= 4 is 5.82 Å². The van der Waals surface area contributed by atoms with Crippen LogP contribution in [0.5, 0.6) is 0 Å². The summed E-state index contributed by atoms with van der Waals surface area (Å²) < 4.78 is 1.92. The molecule has 2 rings (SSSR count). The highest BCUT2D eigenvalue weighted by Gasteiger charge is 2.06. The molecule has 0 saturated carbocycles. The summed E-state index contributed by atoms with van der Waals surface area (Å²) in [6.07, 6.45) is 12.3. The van der Waals surface area contributed by atoms with Gasteiger partial charge in [-0.15, -0.1) is 6.58 Å². The molecule has 0 aliphatic carbocycles. The Morgan fingerprint density at radius 3 is 3.00 bits per heavy atom. The Morgan fingerprint density at radius 1 is 1.45 bits per heavy atom. The van der Waals surface area contributed by atoms with Crippen LogP contribution in [0, 0.1) is 6.92 Å². The van der Waals surface area contributed by atoms with Crippen molar-refractivity contribution in [3.8, 4) is 5.82 Å². The van der Waals surface area contributed by atoms with E-state index in [1.165, 1.54) is 0 Å². The molecule has 2 heterocycles. The van der Waals surface area contributed by atoms with Crippen molar-refractivity contribution in [3.05, 3.63) is 43.3 Å². The van der Waals surface area contributed by atoms with Gasteiger partial charge in [0, 0.05) is 18.4 Å². The number of rotatable bonds is 7. The first kappa shape index (κ1) is 14.2. The average Bonchev–Trinajstić information content (AvgIpc) is 2.85. The van der Waals surface area contributed by atoms with Gasteiger partial charge in [-0.05, 0) is 33.1 Å². The van der Waals surface area contributed by atoms with Gasteiger partial charge in [-0.2, -0.15) is 0 Å². The van der Waals surface area contributed by atoms with Crippen LogP contribution in [0.1, 0.15) is 32.0 Å². The van der Waals surface area contributed by atoms with Crippen LogP contribution in [-0.2, 0) is 0 Å². The number of anilines is 1. The number of aromatic nitrogens is 4. The highest BCUT2D eigenvalue weighted by atomic mass is 15.2. The first-order chi connectivity index (χ1) is 9.70. The molecule has 0 aliphatic rings. The van der Waals surface area contributed by atoms with Crippen LogP contribution < -0.4 is 5.32 Å². The Morgan fingerprint density at radius 2 is 2.30 bits per heavy atom. The van der Waals surface area contributed by atoms with Crippen molar-refractivity contribution in [2.75, 3.05) is 5.32 Å². The number of hydrogen-bond acceptors (Lipinski definition) is 4. The summed E-state index contributed by atoms with van der Waals surface area (Å²) in [7, 11) is 0. The third-order valence-corrected chi connectivity index (χ3v) is 3.13. The minimum Gasteiger partial charge on any atom is -0.366 e. The van der Waals surface area contributed by atoms with Crippen molar-refractivity contribution in [3.63, 3.8) is 0 Å². The van der Waals surface area contributed by atoms with Crippen LogP contribution in [0.4, 0.5) is 5.82 Å². The third-order valence-electron chi connectivity index (χ3n) is 3.13. The predicted octanol–water partition coefficient (Wildman–Crippen LogP) is 3.13. The van der Waals surface area contributed by atoms with Crippen molar-refractivity contribution in [1.82, 2.24) is 19.5 Å². The van der Waals surface area contributed by atoms with E-state index in [-0.39, 0.29) is 0 Å². The number of nitrogens with one attached hydrogen (secondary N) is 1. The molecule has 2 aromatic heterocycles. The molecule has 0 spiro atoms. The molecule has 0 bridgehead atoms. The van der Waals surface area contributed by atoms with Gasteiger partial charge in [0.25, 0.3) is 0 Å². The highest BCUT2D eigenvalue weighted by Crippen LogP contribution is 2.12. The molecule has 0 fully saturated rings. The van der Waals surface area contributed by atoms with Crippen molar-refractivity contribution in [1.29, 1.82) is 0 Å². The summed E-state index contributed by atoms with van der Waals surface area (Å²) in [6, 6.07) is 0.364. The lowest BCUT2D eigenvalue weighted by Crippen LogP contribution is -2.16. The van der Waals surface area contributed by atoms with Gasteiger partial charge in [0.2, 0.25) is 0 Å². The Labute approximate surface area is 119 Å². The van der Waals surface area contributed by atoms with Crippen LogP contribution in [0.3, 0.4) is 0 Å². The third kappa shape index (κ3) is 3.66. The second kappa shape index (κ2) is 6.84. The molecule has 0 saturated heterocycles. The number of imidazole rings is 1. The van der Waals surface area contributed by atoms with E-state index in [1.807, 2.05) is 23.8 Å². The molecule has 20 heavy (non-hydrogen) atoms. The molecule has 1 unspecified atom stereocenters. The van der Waals surface area contributed by atoms with E-state index in [2.05, 4.69) is 33.8 Å². The van der Waals surface area contributed by atoms with Crippen LogP contribution in [0.2, 0.25) is 0 Å². The molecule has 1 N–H and O–H groups in total. The van der Waals surface area contributed by atoms with E-state index in [4.69, 9.17) is 0 Å². The fourth-order valence-electron chi connectivity index (χ4n) is 2.05. The molecule has 5 nitrogen and oxygen atoms in total. The lowest BCUT2D eigenvalue weighted by atomic mass is 10.1. The maximum Gasteiger partial charge on any atom is 0.159 e. The van der Waals surface area contributed by atoms with E-state index in [0.29, 0.717) is 6.04 Å². The summed E-state index contributed by atoms with van der Waals surface area (Å²) in [5.74, 6) is 2.47. The van der Waals surface area contributed by atoms with Crippen molar-refractivity contribution < 1.29 is 0 Å². The molecular weight excluding hydrogens is 250 g/mol. The maximum atomic E-state index is 4.57. The van der Waals surface area contributed by atoms with E-state index >= 15 is 0 Å². The minimum absolute atomic E-state index is 0.364. The standard InChI is InChI=1S/C15H21N5/c1-4-5-6-7-12(2)18-14-10-16-11-15(19-14)20-9-8-17-13(20)3/h4,8-12H,1,5-7H2,2-3H3,(H,18,19). The number of allylic oxidation sites excluding steroid dienone is 1. The Bertz CT molecular complexity index is 561. The second-order valence-electron chi connectivity index (χ2n) is 4.87. The fraction of sp³-hybridized carbons (Fsp3) is 0.400. The van der Waals surface area contributed by atoms with Gasteiger partial charge < -0.3 is 5.32 Å². The quantitative estimate of drug-likeness (QED) is 0.621. The predicted molar refractivity (Wildman–Crippen MR) is 81.0 cm³/mol. The normalized spacial score (nSPS) is 12.1. The minimum atomic E-state index is 0.364. The summed E-state index contributed by atoms with van der Waals surface area (Å²) in [6.45, 7) is 7.84. The van der Waals surface area contributed by atoms with Crippen molar-refractivity contribution in [2.24, 2.45) is 0 Å². The van der Waals surface area contributed by atoms with E-state index < -0.39 is 0 Å². The summed E-state index contributed by atoms with van der Waals surface area (Å²) in [5, 5.41) is 3.38. The van der Waals surface area contributed by atoms with Gasteiger partial charge in [-0.1, -0.05) is 6.08 Å². The zero-order valence-electron chi connectivity index (χ0n) is 12.1. The second-order valence-corrected chi connectivity index (χ2v) is 4.87. The first-order valence-corrected chi connectivity index (χ1v) is 6.90. The van der Waals surface area contributed by atoms with Gasteiger partial charge in [0.1, 0.15) is 11.6 Å². The molecular formula is C15H21N5. The highest BCUT2D eigenvalue weighted by molar-refractivity contribution is 5.37. The molecule has 5 heteroatoms. The van der Waals surface area contributed by atoms with Crippen molar-refractivity contribution in [2.45, 2.75) is 39.2 Å². The Kier molecular flexibility index (Phi) is 4.87. The molecule has 0 amide bonds. The van der Waals surface area contributed by atoms with Crippen LogP contribution in [-0.4, -0.2) is 25.6 Å². The summed E-state index contributed by atoms with van der Waals surface area (Å²) in [5.41, 5.74) is 0. The molecule has 0 aromatic carbocycles. The number of unbranched alkanes of at least 4 members (excludes halogenated alkanes) is 1. The van der Waals surface area contributed by atoms with Gasteiger partial charge in [-0.3, -0.25) is 9.55 Å². The van der Waals surface area contributed by atoms with Crippen LogP contribution in [0.25, 0.3) is 5.82 Å². The maximum absolute atomic E-state index is 4.57. The topological polar surface area (TPSA) is 55.6 Å². The van der Waals surface area contributed by atoms with Gasteiger partial charge >= 0.3 is 0 Å². The van der Waals surface area contributed by atoms with Crippen LogP contribution >= 0.6 is 0 Å². The van der Waals surface area contributed by atoms with Crippen LogP contribution in [0.15, 0.2) is 37.4 Å². The molecule has 0 radical (unpaired) electrons. The number of hydrogen-bond donors (Lipinski definition) is 1. The Hall–Kier alpha value is -2.17. The zero-order chi connectivity index (χ0) is 14.4. The Balaban J connectivity index is 2.03. The lowest BCUT2D eigenvalue weighted by Gasteiger charge is -2.14. The molecule has 2 aromatic rings. The zero-order valence-corrected chi connectivity index (χ0v) is 12.1. The fourth-order valence-corrected chi connectivity index (χ4v) is 2.05. The number of nitrogens with zero attached hydrogens (tertiary/aromatic N) is 4. The number of aryl methyl sites for hydroxylation is 1. The lowest BCUT2D eigenvalue weighted by molar-refractivity contribution is 0.660.